The van der Waals surface area contributed by atoms with Crippen LogP contribution in [-0.4, -0.2) is 12.5 Å². The van der Waals surface area contributed by atoms with Gasteiger partial charge in [0.25, 0.3) is 5.91 Å². The summed E-state index contributed by atoms with van der Waals surface area (Å²) in [6.07, 6.45) is 0. The van der Waals surface area contributed by atoms with Crippen LogP contribution in [0.4, 0.5) is 5.00 Å². The Morgan fingerprint density at radius 2 is 2.00 bits per heavy atom. The molecule has 0 spiro atoms. The number of anilines is 1. The second-order valence-electron chi connectivity index (χ2n) is 4.77. The molecule has 3 rings (SSSR count). The minimum atomic E-state index is -0.292. The molecule has 4 nitrogen and oxygen atoms in total. The van der Waals surface area contributed by atoms with Crippen LogP contribution in [0, 0.1) is 11.3 Å². The number of nitriles is 1. The van der Waals surface area contributed by atoms with Crippen molar-refractivity contribution in [1.29, 1.82) is 5.26 Å². The normalized spacial score (nSPS) is 10.3. The van der Waals surface area contributed by atoms with Crippen molar-refractivity contribution < 1.29 is 9.53 Å². The largest absolute Gasteiger partial charge is 0.484 e. The maximum Gasteiger partial charge on any atom is 0.262 e. The number of hydrogen-bond donors (Lipinski definition) is 1. The number of carbonyl (C=O) groups is 1. The molecule has 0 aliphatic carbocycles. The lowest BCUT2D eigenvalue weighted by Crippen LogP contribution is -2.19. The molecular weight excluding hydrogens is 376 g/mol. The number of hydrogen-bond acceptors (Lipinski definition) is 4. The first kappa shape index (κ1) is 15.5. The van der Waals surface area contributed by atoms with Crippen LogP contribution in [0.3, 0.4) is 0 Å². The van der Waals surface area contributed by atoms with Crippen molar-refractivity contribution in [1.82, 2.24) is 0 Å². The predicted molar refractivity (Wildman–Crippen MR) is 94.8 cm³/mol. The van der Waals surface area contributed by atoms with Gasteiger partial charge in [-0.3, -0.25) is 4.79 Å². The van der Waals surface area contributed by atoms with E-state index in [2.05, 4.69) is 21.2 Å². The van der Waals surface area contributed by atoms with E-state index in [1.165, 1.54) is 11.3 Å². The Morgan fingerprint density at radius 3 is 2.83 bits per heavy atom. The number of halogens is 1. The molecule has 1 heterocycles. The summed E-state index contributed by atoms with van der Waals surface area (Å²) in [5.41, 5.74) is 0.458. The number of carbonyl (C=O) groups excluding carboxylic acids is 1. The van der Waals surface area contributed by atoms with Gasteiger partial charge < -0.3 is 10.1 Å². The number of nitrogens with one attached hydrogen (secondary N) is 1. The lowest BCUT2D eigenvalue weighted by Gasteiger charge is -2.08. The molecule has 0 aliphatic rings. The molecule has 1 amide bonds. The summed E-state index contributed by atoms with van der Waals surface area (Å²) in [5.74, 6) is 0.335. The van der Waals surface area contributed by atoms with Crippen molar-refractivity contribution in [3.05, 3.63) is 57.9 Å². The molecule has 0 aliphatic heterocycles. The molecule has 3 aromatic rings. The molecule has 0 atom stereocenters. The highest BCUT2D eigenvalue weighted by atomic mass is 79.9. The van der Waals surface area contributed by atoms with Gasteiger partial charge >= 0.3 is 0 Å². The number of ether oxygens (including phenoxy) is 1. The van der Waals surface area contributed by atoms with E-state index in [1.54, 1.807) is 11.4 Å². The highest BCUT2D eigenvalue weighted by Gasteiger charge is 2.09. The van der Waals surface area contributed by atoms with Gasteiger partial charge in [-0.05, 0) is 46.5 Å². The molecular formula is C17H11BrN2O2S. The fourth-order valence-electron chi connectivity index (χ4n) is 2.09. The zero-order chi connectivity index (χ0) is 16.2. The molecule has 23 heavy (non-hydrogen) atoms. The summed E-state index contributed by atoms with van der Waals surface area (Å²) in [5, 5.41) is 16.0. The third-order valence-electron chi connectivity index (χ3n) is 3.18. The van der Waals surface area contributed by atoms with Gasteiger partial charge in [0.2, 0.25) is 0 Å². The zero-order valence-corrected chi connectivity index (χ0v) is 14.3. The van der Waals surface area contributed by atoms with Crippen LogP contribution < -0.4 is 10.1 Å². The van der Waals surface area contributed by atoms with Crippen LogP contribution in [0.2, 0.25) is 0 Å². The van der Waals surface area contributed by atoms with Gasteiger partial charge in [0.1, 0.15) is 16.8 Å². The van der Waals surface area contributed by atoms with Crippen LogP contribution in [0.25, 0.3) is 10.8 Å². The van der Waals surface area contributed by atoms with Crippen molar-refractivity contribution in [2.45, 2.75) is 0 Å². The SMILES string of the molecule is N#Cc1ccsc1NC(=O)COc1ccc2cc(Br)ccc2c1. The van der Waals surface area contributed by atoms with Crippen molar-refractivity contribution in [3.63, 3.8) is 0 Å². The zero-order valence-electron chi connectivity index (χ0n) is 11.9. The summed E-state index contributed by atoms with van der Waals surface area (Å²) < 4.78 is 6.54. The summed E-state index contributed by atoms with van der Waals surface area (Å²) >= 11 is 4.75. The van der Waals surface area contributed by atoms with E-state index in [0.717, 1.165) is 15.2 Å². The number of rotatable bonds is 4. The first-order valence-electron chi connectivity index (χ1n) is 6.75. The molecule has 6 heteroatoms. The van der Waals surface area contributed by atoms with Gasteiger partial charge in [-0.15, -0.1) is 11.3 Å². The fourth-order valence-corrected chi connectivity index (χ4v) is 3.22. The van der Waals surface area contributed by atoms with E-state index >= 15 is 0 Å². The van der Waals surface area contributed by atoms with E-state index in [4.69, 9.17) is 10.00 Å². The average Bonchev–Trinajstić information content (AvgIpc) is 3.00. The maximum absolute atomic E-state index is 11.9. The van der Waals surface area contributed by atoms with E-state index in [0.29, 0.717) is 16.3 Å². The minimum Gasteiger partial charge on any atom is -0.484 e. The Bertz CT molecular complexity index is 914. The van der Waals surface area contributed by atoms with Crippen molar-refractivity contribution in [2.24, 2.45) is 0 Å². The Morgan fingerprint density at radius 1 is 1.22 bits per heavy atom. The Kier molecular flexibility index (Phi) is 4.60. The first-order valence-corrected chi connectivity index (χ1v) is 8.42. The molecule has 0 saturated carbocycles. The van der Waals surface area contributed by atoms with Crippen molar-refractivity contribution in [2.75, 3.05) is 11.9 Å². The molecule has 0 unspecified atom stereocenters. The third kappa shape index (κ3) is 3.70. The van der Waals surface area contributed by atoms with Gasteiger partial charge in [-0.25, -0.2) is 0 Å². The standard InChI is InChI=1S/C17H11BrN2O2S/c18-14-3-1-12-8-15(4-2-11(12)7-14)22-10-16(21)20-17-13(9-19)5-6-23-17/h1-8H,10H2,(H,20,21). The smallest absolute Gasteiger partial charge is 0.262 e. The van der Waals surface area contributed by atoms with E-state index in [1.807, 2.05) is 42.5 Å². The van der Waals surface area contributed by atoms with Gasteiger partial charge in [-0.1, -0.05) is 28.1 Å². The lowest BCUT2D eigenvalue weighted by atomic mass is 10.1. The first-order chi connectivity index (χ1) is 11.2. The summed E-state index contributed by atoms with van der Waals surface area (Å²) in [4.78, 5) is 11.9. The minimum absolute atomic E-state index is 0.106. The van der Waals surface area contributed by atoms with Crippen molar-refractivity contribution >= 4 is 48.9 Å². The van der Waals surface area contributed by atoms with Gasteiger partial charge in [0, 0.05) is 4.47 Å². The van der Waals surface area contributed by atoms with Crippen LogP contribution in [0.1, 0.15) is 5.56 Å². The highest BCUT2D eigenvalue weighted by molar-refractivity contribution is 9.10. The second-order valence-corrected chi connectivity index (χ2v) is 6.60. The van der Waals surface area contributed by atoms with E-state index in [-0.39, 0.29) is 12.5 Å². The molecule has 0 saturated heterocycles. The van der Waals surface area contributed by atoms with Crippen LogP contribution in [0.5, 0.6) is 5.75 Å². The molecule has 0 radical (unpaired) electrons. The van der Waals surface area contributed by atoms with Crippen LogP contribution >= 0.6 is 27.3 Å². The molecule has 0 bridgehead atoms. The highest BCUT2D eigenvalue weighted by Crippen LogP contribution is 2.25. The second kappa shape index (κ2) is 6.82. The van der Waals surface area contributed by atoms with Crippen LogP contribution in [-0.2, 0) is 4.79 Å². The molecule has 2 aromatic carbocycles. The summed E-state index contributed by atoms with van der Waals surface area (Å²) in [6.45, 7) is -0.106. The van der Waals surface area contributed by atoms with Crippen molar-refractivity contribution in [3.8, 4) is 11.8 Å². The van der Waals surface area contributed by atoms with E-state index < -0.39 is 0 Å². The summed E-state index contributed by atoms with van der Waals surface area (Å²) in [7, 11) is 0. The number of benzene rings is 2. The van der Waals surface area contributed by atoms with Crippen LogP contribution in [0.15, 0.2) is 52.3 Å². The number of thiophene rings is 1. The number of amides is 1. The Labute approximate surface area is 145 Å². The Hall–Kier alpha value is -2.36. The van der Waals surface area contributed by atoms with Gasteiger partial charge in [-0.2, -0.15) is 5.26 Å². The molecule has 0 fully saturated rings. The molecule has 114 valence electrons. The fraction of sp³-hybridized carbons (Fsp3) is 0.0588. The van der Waals surface area contributed by atoms with Gasteiger partial charge in [0.05, 0.1) is 5.56 Å². The van der Waals surface area contributed by atoms with E-state index in [9.17, 15) is 4.79 Å². The third-order valence-corrected chi connectivity index (χ3v) is 4.51. The molecule has 1 aromatic heterocycles. The monoisotopic (exact) mass is 386 g/mol. The quantitative estimate of drug-likeness (QED) is 0.714. The lowest BCUT2D eigenvalue weighted by molar-refractivity contribution is -0.118. The number of fused-ring (bicyclic) bond motifs is 1. The Balaban J connectivity index is 1.65. The topological polar surface area (TPSA) is 62.1 Å². The average molecular weight is 387 g/mol. The maximum atomic E-state index is 11.9. The molecule has 1 N–H and O–H groups in total. The van der Waals surface area contributed by atoms with Gasteiger partial charge in [0.15, 0.2) is 6.61 Å². The predicted octanol–water partition coefficient (Wildman–Crippen LogP) is 4.55. The summed E-state index contributed by atoms with van der Waals surface area (Å²) in [6, 6.07) is 15.3. The number of nitrogens with zero attached hydrogens (tertiary/aromatic N) is 1.